The Bertz CT molecular complexity index is 1080. The van der Waals surface area contributed by atoms with Crippen LogP contribution in [0.5, 0.6) is 5.75 Å². The van der Waals surface area contributed by atoms with E-state index >= 15 is 0 Å². The van der Waals surface area contributed by atoms with Gasteiger partial charge in [0.1, 0.15) is 23.9 Å². The van der Waals surface area contributed by atoms with Gasteiger partial charge in [-0.05, 0) is 75.9 Å². The number of unbranched alkanes of at least 4 members (excludes halogenated alkanes) is 1. The van der Waals surface area contributed by atoms with Gasteiger partial charge in [0.2, 0.25) is 5.91 Å². The molecule has 196 valence electrons. The highest BCUT2D eigenvalue weighted by Crippen LogP contribution is 2.31. The molecule has 36 heavy (non-hydrogen) atoms. The van der Waals surface area contributed by atoms with Crippen molar-refractivity contribution in [2.24, 2.45) is 0 Å². The molecular formula is C27H36ClN3O5. The summed E-state index contributed by atoms with van der Waals surface area (Å²) < 4.78 is 5.23. The van der Waals surface area contributed by atoms with Gasteiger partial charge in [0.25, 0.3) is 5.91 Å². The molecule has 9 heteroatoms. The van der Waals surface area contributed by atoms with Crippen LogP contribution >= 0.6 is 11.6 Å². The van der Waals surface area contributed by atoms with E-state index in [4.69, 9.17) is 16.3 Å². The first-order chi connectivity index (χ1) is 16.8. The van der Waals surface area contributed by atoms with Crippen LogP contribution in [0.2, 0.25) is 5.02 Å². The molecule has 0 bridgehead atoms. The molecule has 8 nitrogen and oxygen atoms in total. The molecule has 3 amide bonds. The van der Waals surface area contributed by atoms with Gasteiger partial charge >= 0.3 is 6.09 Å². The predicted molar refractivity (Wildman–Crippen MR) is 141 cm³/mol. The van der Waals surface area contributed by atoms with Crippen molar-refractivity contribution in [1.29, 1.82) is 0 Å². The molecule has 2 aromatic carbocycles. The fourth-order valence-corrected chi connectivity index (χ4v) is 3.86. The maximum absolute atomic E-state index is 13.7. The highest BCUT2D eigenvalue weighted by molar-refractivity contribution is 6.34. The number of carbonyl (C=O) groups excluding carboxylic acids is 3. The number of benzene rings is 2. The summed E-state index contributed by atoms with van der Waals surface area (Å²) in [4.78, 5) is 40.7. The summed E-state index contributed by atoms with van der Waals surface area (Å²) in [6.07, 6.45) is 0.708. The van der Waals surface area contributed by atoms with Crippen LogP contribution in [0, 0.1) is 13.8 Å². The lowest BCUT2D eigenvalue weighted by Gasteiger charge is -2.32. The number of ether oxygens (including phenoxy) is 1. The van der Waals surface area contributed by atoms with Crippen molar-refractivity contribution in [2.75, 3.05) is 18.4 Å². The number of carbonyl (C=O) groups is 3. The lowest BCUT2D eigenvalue weighted by molar-refractivity contribution is -0.138. The monoisotopic (exact) mass is 517 g/mol. The summed E-state index contributed by atoms with van der Waals surface area (Å²) in [7, 11) is 0. The fourth-order valence-electron chi connectivity index (χ4n) is 3.59. The molecule has 1 atom stereocenters. The van der Waals surface area contributed by atoms with Crippen molar-refractivity contribution in [1.82, 2.24) is 10.2 Å². The number of anilines is 1. The molecule has 0 saturated heterocycles. The summed E-state index contributed by atoms with van der Waals surface area (Å²) in [6, 6.07) is 9.03. The Labute approximate surface area is 218 Å². The van der Waals surface area contributed by atoms with E-state index in [0.29, 0.717) is 28.3 Å². The molecule has 0 spiro atoms. The molecule has 1 unspecified atom stereocenters. The topological polar surface area (TPSA) is 108 Å². The molecule has 0 fully saturated rings. The number of phenolic OH excluding ortho intramolecular Hbond substituents is 1. The minimum absolute atomic E-state index is 0.0814. The Morgan fingerprint density at radius 2 is 1.81 bits per heavy atom. The van der Waals surface area contributed by atoms with Gasteiger partial charge in [-0.2, -0.15) is 0 Å². The Kier molecular flexibility index (Phi) is 10.2. The first kappa shape index (κ1) is 29.0. The van der Waals surface area contributed by atoms with Gasteiger partial charge in [-0.15, -0.1) is 0 Å². The van der Waals surface area contributed by atoms with Gasteiger partial charge in [-0.3, -0.25) is 9.59 Å². The van der Waals surface area contributed by atoms with Gasteiger partial charge in [-0.1, -0.05) is 43.1 Å². The third kappa shape index (κ3) is 8.16. The highest BCUT2D eigenvalue weighted by Gasteiger charge is 2.32. The number of hydrogen-bond acceptors (Lipinski definition) is 5. The third-order valence-corrected chi connectivity index (χ3v) is 5.74. The second-order valence-electron chi connectivity index (χ2n) is 9.67. The molecule has 0 radical (unpaired) electrons. The Balaban J connectivity index is 2.43. The lowest BCUT2D eigenvalue weighted by Crippen LogP contribution is -2.47. The number of aryl methyl sites for hydroxylation is 2. The Morgan fingerprint density at radius 1 is 1.11 bits per heavy atom. The number of halogens is 1. The molecule has 2 aromatic rings. The van der Waals surface area contributed by atoms with E-state index in [1.54, 1.807) is 52.0 Å². The second-order valence-corrected chi connectivity index (χ2v) is 10.1. The number of para-hydroxylation sites is 1. The fraction of sp³-hybridized carbons (Fsp3) is 0.444. The first-order valence-corrected chi connectivity index (χ1v) is 12.3. The van der Waals surface area contributed by atoms with Crippen LogP contribution in [-0.4, -0.2) is 46.6 Å². The van der Waals surface area contributed by atoms with Crippen LogP contribution in [0.1, 0.15) is 63.3 Å². The second kappa shape index (κ2) is 12.6. The molecule has 3 N–H and O–H groups in total. The maximum atomic E-state index is 13.7. The lowest BCUT2D eigenvalue weighted by atomic mass is 10.00. The van der Waals surface area contributed by atoms with E-state index < -0.39 is 29.6 Å². The maximum Gasteiger partial charge on any atom is 0.408 e. The number of phenols is 1. The van der Waals surface area contributed by atoms with E-state index in [1.807, 2.05) is 19.9 Å². The zero-order valence-corrected chi connectivity index (χ0v) is 22.5. The van der Waals surface area contributed by atoms with Crippen LogP contribution < -0.4 is 10.6 Å². The van der Waals surface area contributed by atoms with Gasteiger partial charge in [0, 0.05) is 6.54 Å². The number of nitrogens with zero attached hydrogens (tertiary/aromatic N) is 1. The highest BCUT2D eigenvalue weighted by atomic mass is 35.5. The van der Waals surface area contributed by atoms with Crippen molar-refractivity contribution in [2.45, 2.75) is 66.0 Å². The van der Waals surface area contributed by atoms with Crippen molar-refractivity contribution < 1.29 is 24.2 Å². The van der Waals surface area contributed by atoms with E-state index in [-0.39, 0.29) is 18.8 Å². The molecule has 2 rings (SSSR count). The number of amides is 3. The smallest absolute Gasteiger partial charge is 0.408 e. The molecule has 0 heterocycles. The van der Waals surface area contributed by atoms with Crippen LogP contribution in [0.4, 0.5) is 10.5 Å². The minimum atomic E-state index is -1.03. The largest absolute Gasteiger partial charge is 0.508 e. The number of alkyl carbamates (subject to hydrolysis) is 1. The van der Waals surface area contributed by atoms with Gasteiger partial charge in [-0.25, -0.2) is 4.79 Å². The number of rotatable bonds is 9. The average molecular weight is 518 g/mol. The summed E-state index contributed by atoms with van der Waals surface area (Å²) >= 11 is 6.34. The van der Waals surface area contributed by atoms with Crippen LogP contribution in [-0.2, 0) is 14.3 Å². The summed E-state index contributed by atoms with van der Waals surface area (Å²) in [5.41, 5.74) is 1.60. The summed E-state index contributed by atoms with van der Waals surface area (Å²) in [6.45, 7) is 10.6. The Hall–Kier alpha value is -3.26. The summed E-state index contributed by atoms with van der Waals surface area (Å²) in [5.74, 6) is -0.827. The van der Waals surface area contributed by atoms with Crippen molar-refractivity contribution >= 4 is 35.2 Å². The molecular weight excluding hydrogens is 482 g/mol. The predicted octanol–water partition coefficient (Wildman–Crippen LogP) is 5.50. The molecule has 0 aromatic heterocycles. The van der Waals surface area contributed by atoms with Crippen LogP contribution in [0.15, 0.2) is 36.4 Å². The quantitative estimate of drug-likeness (QED) is 0.407. The summed E-state index contributed by atoms with van der Waals surface area (Å²) in [5, 5.41) is 15.8. The zero-order valence-electron chi connectivity index (χ0n) is 21.8. The molecule has 0 aliphatic heterocycles. The number of aromatic hydroxyl groups is 1. The average Bonchev–Trinajstić information content (AvgIpc) is 2.78. The van der Waals surface area contributed by atoms with Crippen molar-refractivity contribution in [3.63, 3.8) is 0 Å². The Morgan fingerprint density at radius 3 is 2.39 bits per heavy atom. The minimum Gasteiger partial charge on any atom is -0.508 e. The van der Waals surface area contributed by atoms with E-state index in [2.05, 4.69) is 10.6 Å². The van der Waals surface area contributed by atoms with E-state index in [1.165, 1.54) is 11.0 Å². The van der Waals surface area contributed by atoms with Gasteiger partial charge < -0.3 is 25.4 Å². The SMILES string of the molecule is CCCCN(C(=O)CNC(=O)OC(C)(C)C)C(C(=O)Nc1c(C)cccc1Cl)c1ccc(O)c(C)c1. The molecule has 0 saturated carbocycles. The van der Waals surface area contributed by atoms with Gasteiger partial charge in [0.15, 0.2) is 0 Å². The standard InChI is InChI=1S/C27H36ClN3O5/c1-7-8-14-31(22(33)16-29-26(35)36-27(4,5)6)24(19-12-13-21(32)18(3)15-19)25(34)30-23-17(2)10-9-11-20(23)28/h9-13,15,24,32H,7-8,14,16H2,1-6H3,(H,29,35)(H,30,34). The number of hydrogen-bond donors (Lipinski definition) is 3. The number of nitrogens with one attached hydrogen (secondary N) is 2. The van der Waals surface area contributed by atoms with Crippen molar-refractivity contribution in [3.05, 3.63) is 58.1 Å². The van der Waals surface area contributed by atoms with E-state index in [0.717, 1.165) is 12.0 Å². The van der Waals surface area contributed by atoms with Gasteiger partial charge in [0.05, 0.1) is 10.7 Å². The zero-order chi connectivity index (χ0) is 27.0. The van der Waals surface area contributed by atoms with Crippen LogP contribution in [0.25, 0.3) is 0 Å². The molecule has 0 aliphatic carbocycles. The van der Waals surface area contributed by atoms with E-state index in [9.17, 15) is 19.5 Å². The molecule has 0 aliphatic rings. The third-order valence-electron chi connectivity index (χ3n) is 5.42. The van der Waals surface area contributed by atoms with Crippen molar-refractivity contribution in [3.8, 4) is 5.75 Å². The van der Waals surface area contributed by atoms with Crippen LogP contribution in [0.3, 0.4) is 0 Å². The first-order valence-electron chi connectivity index (χ1n) is 12.0. The normalized spacial score (nSPS) is 12.0.